The molecule has 0 aliphatic heterocycles. The molecule has 3 aromatic heterocycles. The first-order valence-corrected chi connectivity index (χ1v) is 29.8. The van der Waals surface area contributed by atoms with Crippen molar-refractivity contribution in [1.82, 2.24) is 14.5 Å². The summed E-state index contributed by atoms with van der Waals surface area (Å²) in [5.41, 5.74) is 11.1. The van der Waals surface area contributed by atoms with E-state index in [1.807, 2.05) is 81.6 Å². The summed E-state index contributed by atoms with van der Waals surface area (Å²) in [6.45, 7) is 12.6. The summed E-state index contributed by atoms with van der Waals surface area (Å²) in [5, 5.41) is 1.72. The summed E-state index contributed by atoms with van der Waals surface area (Å²) in [7, 11) is 0. The van der Waals surface area contributed by atoms with Crippen LogP contribution >= 0.6 is 11.3 Å². The minimum absolute atomic E-state index is 0. The average molecular weight is 1090 g/mol. The molecule has 63 heavy (non-hydrogen) atoms. The van der Waals surface area contributed by atoms with Gasteiger partial charge in [-0.1, -0.05) is 106 Å². The largest absolute Gasteiger partial charge is 0 e. The molecule has 0 unspecified atom stereocenters. The number of benzene rings is 6. The van der Waals surface area contributed by atoms with Gasteiger partial charge in [-0.2, -0.15) is 11.3 Å². The van der Waals surface area contributed by atoms with Gasteiger partial charge in [0, 0.05) is 34.6 Å². The molecule has 0 saturated carbocycles. The predicted molar refractivity (Wildman–Crippen MR) is 271 cm³/mol. The number of hydrogen-bond donors (Lipinski definition) is 0. The quantitative estimate of drug-likeness (QED) is 0.112. The van der Waals surface area contributed by atoms with Gasteiger partial charge in [0.15, 0.2) is 0 Å². The molecule has 6 heteroatoms. The molecule has 0 fully saturated rings. The molecule has 0 aliphatic carbocycles. The first-order valence-electron chi connectivity index (χ1n) is 24.1. The van der Waals surface area contributed by atoms with Gasteiger partial charge < -0.3 is 4.57 Å². The number of aryl methyl sites for hydroxylation is 1. The van der Waals surface area contributed by atoms with E-state index in [0.717, 1.165) is 69.5 Å². The maximum Gasteiger partial charge on any atom is 0 e. The fraction of sp³-hybridized carbons (Fsp3) is 0.263. The molecule has 6 aromatic carbocycles. The zero-order valence-corrected chi connectivity index (χ0v) is 43.2. The van der Waals surface area contributed by atoms with Crippen LogP contribution in [0.3, 0.4) is 0 Å². The molecule has 323 valence electrons. The van der Waals surface area contributed by atoms with Crippen molar-refractivity contribution >= 4 is 60.2 Å². The zero-order chi connectivity index (χ0) is 48.2. The van der Waals surface area contributed by atoms with E-state index in [4.69, 9.17) is 11.8 Å². The molecule has 0 aliphatic rings. The molecule has 3 nitrogen and oxygen atoms in total. The van der Waals surface area contributed by atoms with Gasteiger partial charge in [-0.15, -0.1) is 17.7 Å². The van der Waals surface area contributed by atoms with Crippen molar-refractivity contribution in [2.75, 3.05) is 0 Å². The van der Waals surface area contributed by atoms with Crippen LogP contribution < -0.4 is 4.40 Å². The molecule has 0 saturated heterocycles. The van der Waals surface area contributed by atoms with Crippen molar-refractivity contribution in [2.45, 2.75) is 90.8 Å². The maximum absolute atomic E-state index is 8.76. The third kappa shape index (κ3) is 9.73. The van der Waals surface area contributed by atoms with Gasteiger partial charge in [0.25, 0.3) is 0 Å². The van der Waals surface area contributed by atoms with Gasteiger partial charge in [-0.25, -0.2) is 0 Å². The van der Waals surface area contributed by atoms with E-state index in [0.29, 0.717) is 5.56 Å². The fourth-order valence-electron chi connectivity index (χ4n) is 8.23. The van der Waals surface area contributed by atoms with E-state index in [1.165, 1.54) is 22.3 Å². The second-order valence-electron chi connectivity index (χ2n) is 18.8. The van der Waals surface area contributed by atoms with Gasteiger partial charge in [-0.05, 0) is 74.5 Å². The van der Waals surface area contributed by atoms with Crippen molar-refractivity contribution in [3.8, 4) is 39.5 Å². The summed E-state index contributed by atoms with van der Waals surface area (Å²) in [4.78, 5) is 9.87. The normalized spacial score (nSPS) is 13.6. The second-order valence-corrected chi connectivity index (χ2v) is 30.5. The predicted octanol–water partition coefficient (Wildman–Crippen LogP) is 15.8. The number of imidazole rings is 1. The van der Waals surface area contributed by atoms with Gasteiger partial charge in [0.2, 0.25) is 0 Å². The molecule has 3 heterocycles. The van der Waals surface area contributed by atoms with E-state index in [1.54, 1.807) is 17.4 Å². The van der Waals surface area contributed by atoms with Crippen molar-refractivity contribution in [3.63, 3.8) is 0 Å². The molecular formula is C57H59GeIrN3S-2. The molecule has 0 bridgehead atoms. The number of fused-ring (bicyclic) bond motifs is 4. The van der Waals surface area contributed by atoms with E-state index in [2.05, 4.69) is 133 Å². The van der Waals surface area contributed by atoms with Gasteiger partial charge in [0.1, 0.15) is 0 Å². The van der Waals surface area contributed by atoms with Crippen LogP contribution in [-0.2, 0) is 26.5 Å². The summed E-state index contributed by atoms with van der Waals surface area (Å²) in [6, 6.07) is 49.5. The third-order valence-corrected chi connectivity index (χ3v) is 16.6. The van der Waals surface area contributed by atoms with E-state index in [9.17, 15) is 0 Å². The summed E-state index contributed by atoms with van der Waals surface area (Å²) < 4.78 is 48.0. The Hall–Kier alpha value is -4.65. The smallest absolute Gasteiger partial charge is 0 e. The Morgan fingerprint density at radius 2 is 1.46 bits per heavy atom. The van der Waals surface area contributed by atoms with Crippen LogP contribution in [0.4, 0.5) is 0 Å². The third-order valence-electron chi connectivity index (χ3n) is 11.2. The van der Waals surface area contributed by atoms with Gasteiger partial charge in [0.05, 0.1) is 16.9 Å². The first kappa shape index (κ1) is 39.9. The zero-order valence-electron chi connectivity index (χ0n) is 42.9. The Morgan fingerprint density at radius 1 is 0.794 bits per heavy atom. The number of nitrogens with zero attached hydrogens (tertiary/aromatic N) is 3. The first-order chi connectivity index (χ1) is 31.6. The number of rotatable bonds is 8. The Balaban J connectivity index is 0.000000242. The SMILES string of the molecule is [2H]C([2H])([2H])c1c[c-]c(-c2nc3ccccc3n2-c2c(C(C)C)cc(-c3ccccc3)cc2C(C)C)c2sc3ccccc3c12.[2H]C([2H])(c1cc(-c2[c-]cccc2)nc[c]1[Ge]([CH3])([CH3])[CH3])C(C)(C)C.[Ir]. The monoisotopic (exact) mass is 1090 g/mol. The van der Waals surface area contributed by atoms with Crippen molar-refractivity contribution in [2.24, 2.45) is 5.41 Å². The van der Waals surface area contributed by atoms with E-state index in [-0.39, 0.29) is 31.9 Å². The molecule has 9 aromatic rings. The van der Waals surface area contributed by atoms with E-state index < -0.39 is 31.9 Å². The van der Waals surface area contributed by atoms with Crippen LogP contribution in [-0.4, -0.2) is 27.8 Å². The van der Waals surface area contributed by atoms with Crippen LogP contribution in [0.2, 0.25) is 17.3 Å². The molecule has 0 spiro atoms. The van der Waals surface area contributed by atoms with Crippen molar-refractivity contribution in [1.29, 1.82) is 0 Å². The van der Waals surface area contributed by atoms with Crippen LogP contribution in [0.1, 0.15) is 89.4 Å². The fourth-order valence-corrected chi connectivity index (χ4v) is 12.4. The second kappa shape index (κ2) is 18.8. The minimum atomic E-state index is -2.26. The number of para-hydroxylation sites is 2. The Morgan fingerprint density at radius 3 is 2.11 bits per heavy atom. The molecular weight excluding hydrogens is 1020 g/mol. The summed E-state index contributed by atoms with van der Waals surface area (Å²) >= 11 is -0.627. The molecule has 0 amide bonds. The van der Waals surface area contributed by atoms with Crippen LogP contribution in [0.5, 0.6) is 0 Å². The van der Waals surface area contributed by atoms with Gasteiger partial charge >= 0.3 is 135 Å². The summed E-state index contributed by atoms with van der Waals surface area (Å²) in [6.07, 6.45) is 0.502. The Bertz CT molecular complexity index is 3210. The number of pyridine rings is 1. The van der Waals surface area contributed by atoms with Crippen molar-refractivity contribution < 1.29 is 27.0 Å². The van der Waals surface area contributed by atoms with Crippen LogP contribution in [0, 0.1) is 24.4 Å². The van der Waals surface area contributed by atoms with Crippen LogP contribution in [0.25, 0.3) is 70.7 Å². The molecule has 9 rings (SSSR count). The maximum atomic E-state index is 8.76. The van der Waals surface area contributed by atoms with Gasteiger partial charge in [-0.3, -0.25) is 4.98 Å². The Labute approximate surface area is 402 Å². The number of aromatic nitrogens is 3. The molecule has 1 radical (unpaired) electrons. The molecule has 0 atom stereocenters. The standard InChI is InChI=1S/C38H33N2S.C19H26GeN.Ir/c1-23(2)30-21-27(26-13-7-6-8-14-26)22-31(24(3)4)36(30)40-33-17-11-10-16-32(33)39-38(40)29-20-19-25(5)35-28-15-9-12-18-34(28)41-37(29)35;1-19(2,3)13-16-12-18(15-10-8-7-9-11-15)21-14-17(16)20(4,5)6;/h6-19,21-24H,1-5H3;7-10,12,14H,13H2,1-6H3;/q2*-1;/i5D3;13D2;. The van der Waals surface area contributed by atoms with Crippen molar-refractivity contribution in [3.05, 3.63) is 168 Å². The minimum Gasteiger partial charge on any atom is 0 e. The van der Waals surface area contributed by atoms with Crippen LogP contribution in [0.15, 0.2) is 134 Å². The summed E-state index contributed by atoms with van der Waals surface area (Å²) in [5.74, 6) is 8.11. The topological polar surface area (TPSA) is 30.7 Å². The average Bonchev–Trinajstić information content (AvgIpc) is 3.87. The van der Waals surface area contributed by atoms with E-state index >= 15 is 0 Å². The Kier molecular flexibility index (Phi) is 11.9. The number of thiophene rings is 1. The number of hydrogen-bond acceptors (Lipinski definition) is 3. The molecule has 0 N–H and O–H groups in total.